The van der Waals surface area contributed by atoms with Gasteiger partial charge in [0.05, 0.1) is 0 Å². The predicted octanol–water partition coefficient (Wildman–Crippen LogP) is 3.70. The molecule has 1 heterocycles. The molecule has 3 heteroatoms. The number of nitrogens with zero attached hydrogens (tertiary/aromatic N) is 1. The summed E-state index contributed by atoms with van der Waals surface area (Å²) in [6.07, 6.45) is 3.74. The van der Waals surface area contributed by atoms with Gasteiger partial charge in [0.15, 0.2) is 5.78 Å². The molecule has 0 atom stereocenters. The number of ketones is 1. The van der Waals surface area contributed by atoms with E-state index in [1.54, 1.807) is 6.92 Å². The van der Waals surface area contributed by atoms with Crippen LogP contribution in [0.5, 0.6) is 0 Å². The lowest BCUT2D eigenvalue weighted by Gasteiger charge is -2.06. The Balaban J connectivity index is 2.22. The van der Waals surface area contributed by atoms with E-state index in [0.29, 0.717) is 6.54 Å². The van der Waals surface area contributed by atoms with Crippen molar-refractivity contribution >= 4 is 17.4 Å². The van der Waals surface area contributed by atoms with Gasteiger partial charge in [0, 0.05) is 29.5 Å². The molecule has 0 fully saturated rings. The lowest BCUT2D eigenvalue weighted by molar-refractivity contribution is 0.101. The van der Waals surface area contributed by atoms with E-state index < -0.39 is 0 Å². The van der Waals surface area contributed by atoms with Crippen LogP contribution in [0.2, 0.25) is 5.02 Å². The number of hydrogen-bond donors (Lipinski definition) is 0. The summed E-state index contributed by atoms with van der Waals surface area (Å²) in [5.74, 6) is 0.0822. The normalized spacial score (nSPS) is 10.5. The summed E-state index contributed by atoms with van der Waals surface area (Å²) in [5.41, 5.74) is 2.94. The molecule has 0 aliphatic heterocycles. The second kappa shape index (κ2) is 4.76. The molecule has 0 aliphatic rings. The Hall–Kier alpha value is -1.54. The highest BCUT2D eigenvalue weighted by Crippen LogP contribution is 2.19. The van der Waals surface area contributed by atoms with E-state index in [4.69, 9.17) is 11.6 Å². The van der Waals surface area contributed by atoms with Gasteiger partial charge < -0.3 is 4.57 Å². The minimum atomic E-state index is 0.0822. The molecule has 0 bridgehead atoms. The van der Waals surface area contributed by atoms with Crippen LogP contribution in [0.3, 0.4) is 0 Å². The van der Waals surface area contributed by atoms with Crippen molar-refractivity contribution in [3.05, 3.63) is 58.4 Å². The Labute approximate surface area is 106 Å². The van der Waals surface area contributed by atoms with Crippen molar-refractivity contribution in [3.63, 3.8) is 0 Å². The summed E-state index contributed by atoms with van der Waals surface area (Å²) in [7, 11) is 0. The van der Waals surface area contributed by atoms with E-state index in [2.05, 4.69) is 0 Å². The highest BCUT2D eigenvalue weighted by atomic mass is 35.5. The van der Waals surface area contributed by atoms with Gasteiger partial charge in [-0.15, -0.1) is 0 Å². The smallest absolute Gasteiger partial charge is 0.161 e. The summed E-state index contributed by atoms with van der Waals surface area (Å²) >= 11 is 6.17. The van der Waals surface area contributed by atoms with Crippen LogP contribution in [0.25, 0.3) is 0 Å². The molecular formula is C14H14ClNO. The molecule has 1 aromatic heterocycles. The van der Waals surface area contributed by atoms with E-state index in [9.17, 15) is 4.79 Å². The van der Waals surface area contributed by atoms with E-state index in [1.165, 1.54) is 0 Å². The summed E-state index contributed by atoms with van der Waals surface area (Å²) < 4.78 is 1.97. The summed E-state index contributed by atoms with van der Waals surface area (Å²) in [6.45, 7) is 4.27. The molecule has 0 N–H and O–H groups in total. The van der Waals surface area contributed by atoms with Gasteiger partial charge in [-0.3, -0.25) is 4.79 Å². The van der Waals surface area contributed by atoms with Crippen LogP contribution in [-0.2, 0) is 6.54 Å². The number of hydrogen-bond acceptors (Lipinski definition) is 1. The maximum atomic E-state index is 11.2. The molecule has 2 nitrogen and oxygen atoms in total. The van der Waals surface area contributed by atoms with Gasteiger partial charge in [0.1, 0.15) is 0 Å². The Bertz CT molecular complexity index is 557. The Morgan fingerprint density at radius 1 is 1.35 bits per heavy atom. The fourth-order valence-electron chi connectivity index (χ4n) is 1.72. The first-order valence-corrected chi connectivity index (χ1v) is 5.86. The monoisotopic (exact) mass is 247 g/mol. The number of carbonyl (C=O) groups is 1. The maximum Gasteiger partial charge on any atom is 0.161 e. The standard InChI is InChI=1S/C14H14ClNO/c1-10-3-4-13(14(15)7-10)9-16-6-5-12(8-16)11(2)17/h3-8H,9H2,1-2H3. The average Bonchev–Trinajstić information content (AvgIpc) is 2.71. The second-order valence-corrected chi connectivity index (χ2v) is 4.63. The van der Waals surface area contributed by atoms with E-state index >= 15 is 0 Å². The first-order chi connectivity index (χ1) is 8.06. The van der Waals surface area contributed by atoms with Crippen molar-refractivity contribution in [2.45, 2.75) is 20.4 Å². The van der Waals surface area contributed by atoms with Crippen LogP contribution in [0.1, 0.15) is 28.4 Å². The largest absolute Gasteiger partial charge is 0.349 e. The molecule has 0 saturated heterocycles. The van der Waals surface area contributed by atoms with E-state index in [1.807, 2.05) is 48.1 Å². The van der Waals surface area contributed by atoms with Gasteiger partial charge in [-0.2, -0.15) is 0 Å². The number of halogens is 1. The quantitative estimate of drug-likeness (QED) is 0.758. The van der Waals surface area contributed by atoms with Crippen LogP contribution in [0, 0.1) is 6.92 Å². The summed E-state index contributed by atoms with van der Waals surface area (Å²) in [5, 5.41) is 0.767. The van der Waals surface area contributed by atoms with Gasteiger partial charge in [-0.25, -0.2) is 0 Å². The highest BCUT2D eigenvalue weighted by molar-refractivity contribution is 6.31. The molecule has 2 rings (SSSR count). The van der Waals surface area contributed by atoms with Crippen LogP contribution < -0.4 is 0 Å². The number of benzene rings is 1. The predicted molar refractivity (Wildman–Crippen MR) is 69.7 cm³/mol. The van der Waals surface area contributed by atoms with Crippen molar-refractivity contribution in [1.82, 2.24) is 4.57 Å². The minimum absolute atomic E-state index is 0.0822. The van der Waals surface area contributed by atoms with Crippen LogP contribution in [0.15, 0.2) is 36.7 Å². The highest BCUT2D eigenvalue weighted by Gasteiger charge is 2.04. The van der Waals surface area contributed by atoms with Crippen molar-refractivity contribution in [1.29, 1.82) is 0 Å². The van der Waals surface area contributed by atoms with Gasteiger partial charge in [-0.05, 0) is 37.1 Å². The third-order valence-corrected chi connectivity index (χ3v) is 3.07. The fraction of sp³-hybridized carbons (Fsp3) is 0.214. The van der Waals surface area contributed by atoms with E-state index in [-0.39, 0.29) is 5.78 Å². The van der Waals surface area contributed by atoms with Crippen molar-refractivity contribution in [2.75, 3.05) is 0 Å². The first-order valence-electron chi connectivity index (χ1n) is 5.48. The van der Waals surface area contributed by atoms with Crippen LogP contribution in [0.4, 0.5) is 0 Å². The van der Waals surface area contributed by atoms with Crippen molar-refractivity contribution in [2.24, 2.45) is 0 Å². The van der Waals surface area contributed by atoms with Crippen LogP contribution in [-0.4, -0.2) is 10.4 Å². The third kappa shape index (κ3) is 2.77. The third-order valence-electron chi connectivity index (χ3n) is 2.72. The maximum absolute atomic E-state index is 11.2. The number of carbonyl (C=O) groups excluding carboxylic acids is 1. The molecular weight excluding hydrogens is 234 g/mol. The zero-order chi connectivity index (χ0) is 12.4. The number of aryl methyl sites for hydroxylation is 1. The van der Waals surface area contributed by atoms with Gasteiger partial charge in [0.2, 0.25) is 0 Å². The summed E-state index contributed by atoms with van der Waals surface area (Å²) in [4.78, 5) is 11.2. The molecule has 0 unspecified atom stereocenters. The molecule has 0 amide bonds. The minimum Gasteiger partial charge on any atom is -0.349 e. The molecule has 2 aromatic rings. The second-order valence-electron chi connectivity index (χ2n) is 4.22. The molecule has 17 heavy (non-hydrogen) atoms. The van der Waals surface area contributed by atoms with Gasteiger partial charge >= 0.3 is 0 Å². The van der Waals surface area contributed by atoms with Gasteiger partial charge in [0.25, 0.3) is 0 Å². The van der Waals surface area contributed by atoms with Crippen molar-refractivity contribution < 1.29 is 4.79 Å². The summed E-state index contributed by atoms with van der Waals surface area (Å²) in [6, 6.07) is 7.83. The topological polar surface area (TPSA) is 22.0 Å². The van der Waals surface area contributed by atoms with Gasteiger partial charge in [-0.1, -0.05) is 23.7 Å². The molecule has 0 spiro atoms. The first kappa shape index (κ1) is 11.9. The zero-order valence-electron chi connectivity index (χ0n) is 9.90. The number of rotatable bonds is 3. The van der Waals surface area contributed by atoms with Crippen LogP contribution >= 0.6 is 11.6 Å². The molecule has 0 saturated carbocycles. The molecule has 0 radical (unpaired) electrons. The molecule has 88 valence electrons. The SMILES string of the molecule is CC(=O)c1ccn(Cc2ccc(C)cc2Cl)c1. The fourth-order valence-corrected chi connectivity index (χ4v) is 2.02. The van der Waals surface area contributed by atoms with E-state index in [0.717, 1.165) is 21.7 Å². The average molecular weight is 248 g/mol. The zero-order valence-corrected chi connectivity index (χ0v) is 10.7. The lowest BCUT2D eigenvalue weighted by atomic mass is 10.1. The number of Topliss-reactive ketones (excluding diaryl/α,β-unsaturated/α-hetero) is 1. The Morgan fingerprint density at radius 3 is 2.71 bits per heavy atom. The molecule has 1 aromatic carbocycles. The Morgan fingerprint density at radius 2 is 2.12 bits per heavy atom. The lowest BCUT2D eigenvalue weighted by Crippen LogP contribution is -1.98. The molecule has 0 aliphatic carbocycles. The number of aromatic nitrogens is 1. The van der Waals surface area contributed by atoms with Crippen molar-refractivity contribution in [3.8, 4) is 0 Å². The Kier molecular flexibility index (Phi) is 3.34.